The Morgan fingerprint density at radius 1 is 0.970 bits per heavy atom. The third kappa shape index (κ3) is 8.65. The molecule has 0 aromatic heterocycles. The van der Waals surface area contributed by atoms with E-state index >= 15 is 0 Å². The molecule has 1 aliphatic heterocycles. The summed E-state index contributed by atoms with van der Waals surface area (Å²) in [5, 5.41) is 41.4. The van der Waals surface area contributed by atoms with Crippen molar-refractivity contribution < 1.29 is 49.2 Å². The zero-order chi connectivity index (χ0) is 25.3. The number of carbonyl (C=O) groups excluding carboxylic acids is 3. The van der Waals surface area contributed by atoms with Gasteiger partial charge in [-0.2, -0.15) is 0 Å². The van der Waals surface area contributed by atoms with Crippen LogP contribution in [0, 0.1) is 0 Å². The van der Waals surface area contributed by atoms with E-state index in [0.717, 1.165) is 4.90 Å². The van der Waals surface area contributed by atoms with Crippen molar-refractivity contribution in [1.29, 1.82) is 0 Å². The summed E-state index contributed by atoms with van der Waals surface area (Å²) in [6, 6.07) is -5.38. The van der Waals surface area contributed by atoms with Gasteiger partial charge in [0.1, 0.15) is 18.1 Å². The second-order valence-electron chi connectivity index (χ2n) is 7.79. The molecule has 5 unspecified atom stereocenters. The van der Waals surface area contributed by atoms with Crippen LogP contribution in [0.25, 0.3) is 0 Å². The fraction of sp³-hybridized carbons (Fsp3) is 0.684. The van der Waals surface area contributed by atoms with Crippen molar-refractivity contribution in [3.05, 3.63) is 0 Å². The number of amides is 3. The molecule has 0 aliphatic carbocycles. The number of aliphatic hydroxyl groups excluding tert-OH is 1. The third-order valence-electron chi connectivity index (χ3n) is 5.15. The van der Waals surface area contributed by atoms with Crippen LogP contribution in [0.3, 0.4) is 0 Å². The van der Waals surface area contributed by atoms with Gasteiger partial charge in [-0.15, -0.1) is 0 Å². The zero-order valence-electron chi connectivity index (χ0n) is 18.1. The summed E-state index contributed by atoms with van der Waals surface area (Å²) in [5.74, 6) is -6.36. The van der Waals surface area contributed by atoms with E-state index in [-0.39, 0.29) is 25.8 Å². The fourth-order valence-electron chi connectivity index (χ4n) is 3.35. The van der Waals surface area contributed by atoms with E-state index in [4.69, 9.17) is 15.9 Å². The van der Waals surface area contributed by atoms with Gasteiger partial charge in [0.25, 0.3) is 0 Å². The first-order valence-electron chi connectivity index (χ1n) is 10.4. The normalized spacial score (nSPS) is 19.1. The molecule has 0 aromatic rings. The molecule has 1 rings (SSSR count). The van der Waals surface area contributed by atoms with Crippen molar-refractivity contribution >= 4 is 35.6 Å². The number of carboxylic acid groups (broad SMARTS) is 3. The van der Waals surface area contributed by atoms with Crippen LogP contribution < -0.4 is 16.4 Å². The minimum absolute atomic E-state index is 0.115. The van der Waals surface area contributed by atoms with Crippen molar-refractivity contribution in [2.45, 2.75) is 75.7 Å². The molecule has 0 aromatic carbocycles. The lowest BCUT2D eigenvalue weighted by Gasteiger charge is -2.29. The first-order valence-corrected chi connectivity index (χ1v) is 10.4. The number of nitrogens with zero attached hydrogens (tertiary/aromatic N) is 1. The number of aliphatic carboxylic acids is 3. The van der Waals surface area contributed by atoms with Gasteiger partial charge in [-0.1, -0.05) is 0 Å². The molecular weight excluding hydrogens is 444 g/mol. The lowest BCUT2D eigenvalue weighted by atomic mass is 10.1. The summed E-state index contributed by atoms with van der Waals surface area (Å²) in [7, 11) is 0. The molecule has 14 heteroatoms. The van der Waals surface area contributed by atoms with Crippen LogP contribution in [-0.4, -0.2) is 97.8 Å². The molecule has 0 spiro atoms. The predicted octanol–water partition coefficient (Wildman–Crippen LogP) is -2.53. The Morgan fingerprint density at radius 2 is 1.55 bits per heavy atom. The minimum atomic E-state index is -1.58. The second kappa shape index (κ2) is 12.7. The summed E-state index contributed by atoms with van der Waals surface area (Å²) in [6.45, 7) is 1.30. The largest absolute Gasteiger partial charge is 0.481 e. The van der Waals surface area contributed by atoms with Crippen LogP contribution in [0.4, 0.5) is 0 Å². The Labute approximate surface area is 189 Å². The van der Waals surface area contributed by atoms with Gasteiger partial charge in [0.15, 0.2) is 0 Å². The highest BCUT2D eigenvalue weighted by Crippen LogP contribution is 2.19. The number of carbonyl (C=O) groups is 6. The van der Waals surface area contributed by atoms with Gasteiger partial charge in [0, 0.05) is 19.4 Å². The first-order chi connectivity index (χ1) is 15.3. The first kappa shape index (κ1) is 27.8. The highest BCUT2D eigenvalue weighted by atomic mass is 16.4. The van der Waals surface area contributed by atoms with Crippen LogP contribution in [0.5, 0.6) is 0 Å². The summed E-state index contributed by atoms with van der Waals surface area (Å²) in [6.07, 6.45) is -2.29. The number of hydrogen-bond donors (Lipinski definition) is 7. The average Bonchev–Trinajstić information content (AvgIpc) is 3.22. The molecule has 1 saturated heterocycles. The average molecular weight is 474 g/mol. The van der Waals surface area contributed by atoms with Crippen LogP contribution >= 0.6 is 0 Å². The van der Waals surface area contributed by atoms with Gasteiger partial charge in [0.05, 0.1) is 12.1 Å². The van der Waals surface area contributed by atoms with E-state index < -0.39 is 78.7 Å². The number of hydrogen-bond acceptors (Lipinski definition) is 8. The number of aliphatic hydroxyl groups is 1. The molecule has 5 atom stereocenters. The maximum atomic E-state index is 12.9. The summed E-state index contributed by atoms with van der Waals surface area (Å²) in [5.41, 5.74) is 5.60. The SMILES string of the molecule is CC(O)C(NC(=O)C(N)CCC(=O)O)C(=O)NC(CCC(=O)O)C(=O)N1CCCC1C(=O)O. The van der Waals surface area contributed by atoms with Gasteiger partial charge in [-0.25, -0.2) is 4.79 Å². The van der Waals surface area contributed by atoms with Gasteiger partial charge in [-0.3, -0.25) is 24.0 Å². The lowest BCUT2D eigenvalue weighted by Crippen LogP contribution is -2.59. The van der Waals surface area contributed by atoms with E-state index in [9.17, 15) is 39.0 Å². The molecule has 8 N–H and O–H groups in total. The Hall–Kier alpha value is -3.26. The maximum Gasteiger partial charge on any atom is 0.326 e. The maximum absolute atomic E-state index is 12.9. The third-order valence-corrected chi connectivity index (χ3v) is 5.15. The molecule has 186 valence electrons. The topological polar surface area (TPSA) is 237 Å². The van der Waals surface area contributed by atoms with E-state index in [2.05, 4.69) is 10.6 Å². The van der Waals surface area contributed by atoms with Crippen molar-refractivity contribution in [2.75, 3.05) is 6.54 Å². The Morgan fingerprint density at radius 3 is 2.06 bits per heavy atom. The lowest BCUT2D eigenvalue weighted by molar-refractivity contribution is -0.150. The van der Waals surface area contributed by atoms with E-state index in [0.29, 0.717) is 6.42 Å². The number of carboxylic acids is 3. The molecule has 0 radical (unpaired) electrons. The highest BCUT2D eigenvalue weighted by molar-refractivity contribution is 5.94. The Kier molecular flexibility index (Phi) is 10.7. The number of nitrogens with two attached hydrogens (primary N) is 1. The molecule has 3 amide bonds. The number of nitrogens with one attached hydrogen (secondary N) is 2. The minimum Gasteiger partial charge on any atom is -0.481 e. The van der Waals surface area contributed by atoms with Crippen molar-refractivity contribution in [2.24, 2.45) is 5.73 Å². The fourth-order valence-corrected chi connectivity index (χ4v) is 3.35. The molecule has 14 nitrogen and oxygen atoms in total. The van der Waals surface area contributed by atoms with Crippen LogP contribution in [0.1, 0.15) is 45.4 Å². The molecule has 1 aliphatic rings. The highest BCUT2D eigenvalue weighted by Gasteiger charge is 2.39. The molecule has 0 bridgehead atoms. The summed E-state index contributed by atoms with van der Waals surface area (Å²) in [4.78, 5) is 71.9. The zero-order valence-corrected chi connectivity index (χ0v) is 18.1. The van der Waals surface area contributed by atoms with Gasteiger partial charge in [0.2, 0.25) is 17.7 Å². The standard InChI is InChI=1S/C19H30N4O10/c1-9(24)15(22-16(29)10(20)4-6-13(25)26)17(30)21-11(5-7-14(27)28)18(31)23-8-2-3-12(23)19(32)33/h9-12,15,24H,2-8,20H2,1H3,(H,21,30)(H,22,29)(H,25,26)(H,27,28)(H,32,33). The van der Waals surface area contributed by atoms with E-state index in [1.165, 1.54) is 6.92 Å². The Balaban J connectivity index is 2.96. The van der Waals surface area contributed by atoms with E-state index in [1.54, 1.807) is 0 Å². The second-order valence-corrected chi connectivity index (χ2v) is 7.79. The quantitative estimate of drug-likeness (QED) is 0.147. The monoisotopic (exact) mass is 474 g/mol. The van der Waals surface area contributed by atoms with Crippen molar-refractivity contribution in [3.8, 4) is 0 Å². The van der Waals surface area contributed by atoms with Gasteiger partial charge < -0.3 is 41.7 Å². The molecule has 1 fully saturated rings. The van der Waals surface area contributed by atoms with Crippen LogP contribution in [-0.2, 0) is 28.8 Å². The molecular formula is C19H30N4O10. The molecule has 0 saturated carbocycles. The van der Waals surface area contributed by atoms with Crippen LogP contribution in [0.2, 0.25) is 0 Å². The van der Waals surface area contributed by atoms with Gasteiger partial charge >= 0.3 is 17.9 Å². The summed E-state index contributed by atoms with van der Waals surface area (Å²) >= 11 is 0. The smallest absolute Gasteiger partial charge is 0.326 e. The van der Waals surface area contributed by atoms with Gasteiger partial charge in [-0.05, 0) is 32.6 Å². The predicted molar refractivity (Wildman–Crippen MR) is 110 cm³/mol. The molecule has 1 heterocycles. The van der Waals surface area contributed by atoms with Crippen LogP contribution in [0.15, 0.2) is 0 Å². The van der Waals surface area contributed by atoms with E-state index in [1.807, 2.05) is 0 Å². The van der Waals surface area contributed by atoms with Crippen molar-refractivity contribution in [3.63, 3.8) is 0 Å². The number of rotatable bonds is 13. The molecule has 33 heavy (non-hydrogen) atoms. The van der Waals surface area contributed by atoms with Crippen molar-refractivity contribution in [1.82, 2.24) is 15.5 Å². The summed E-state index contributed by atoms with van der Waals surface area (Å²) < 4.78 is 0. The Bertz CT molecular complexity index is 772. The number of likely N-dealkylation sites (tertiary alicyclic amines) is 1.